The predicted molar refractivity (Wildman–Crippen MR) is 82.8 cm³/mol. The number of ether oxygens (including phenoxy) is 2. The smallest absolute Gasteiger partial charge is 0.271 e. The van der Waals surface area contributed by atoms with Gasteiger partial charge in [-0.3, -0.25) is 10.1 Å². The fraction of sp³-hybridized carbons (Fsp3) is 0.250. The molecule has 2 aromatic carbocycles. The van der Waals surface area contributed by atoms with Crippen molar-refractivity contribution in [2.45, 2.75) is 12.8 Å². The number of halogens is 1. The zero-order valence-corrected chi connectivity index (χ0v) is 12.5. The van der Waals surface area contributed by atoms with Crippen molar-refractivity contribution in [1.29, 1.82) is 0 Å². The maximum atomic E-state index is 10.7. The molecule has 22 heavy (non-hydrogen) atoms. The fourth-order valence-electron chi connectivity index (χ4n) is 1.94. The molecular weight excluding hydrogens is 306 g/mol. The lowest BCUT2D eigenvalue weighted by Gasteiger charge is -2.10. The predicted octanol–water partition coefficient (Wildman–Crippen LogP) is 4.83. The number of hydrogen-bond acceptors (Lipinski definition) is 4. The van der Waals surface area contributed by atoms with Crippen LogP contribution in [-0.4, -0.2) is 11.5 Å². The van der Waals surface area contributed by atoms with Crippen LogP contribution in [0.1, 0.15) is 12.8 Å². The summed E-state index contributed by atoms with van der Waals surface area (Å²) >= 11 is 6.01. The average molecular weight is 320 g/mol. The van der Waals surface area contributed by atoms with Gasteiger partial charge >= 0.3 is 0 Å². The second kappa shape index (κ2) is 6.23. The van der Waals surface area contributed by atoms with E-state index < -0.39 is 4.92 Å². The average Bonchev–Trinajstić information content (AvgIpc) is 3.32. The molecule has 1 aliphatic carbocycles. The van der Waals surface area contributed by atoms with Gasteiger partial charge in [0.1, 0.15) is 17.2 Å². The van der Waals surface area contributed by atoms with Gasteiger partial charge < -0.3 is 9.47 Å². The van der Waals surface area contributed by atoms with Gasteiger partial charge in [0.15, 0.2) is 0 Å². The number of non-ortho nitro benzene ring substituents is 1. The Kier molecular flexibility index (Phi) is 4.15. The lowest BCUT2D eigenvalue weighted by molar-refractivity contribution is -0.384. The largest absolute Gasteiger partial charge is 0.493 e. The minimum Gasteiger partial charge on any atom is -0.493 e. The van der Waals surface area contributed by atoms with Crippen LogP contribution >= 0.6 is 11.6 Å². The van der Waals surface area contributed by atoms with Crippen molar-refractivity contribution in [3.63, 3.8) is 0 Å². The van der Waals surface area contributed by atoms with Crippen molar-refractivity contribution in [2.24, 2.45) is 5.92 Å². The molecule has 1 saturated carbocycles. The quantitative estimate of drug-likeness (QED) is 0.565. The second-order valence-corrected chi connectivity index (χ2v) is 5.61. The summed E-state index contributed by atoms with van der Waals surface area (Å²) in [5.41, 5.74) is -0.0705. The Labute approximate surface area is 132 Å². The van der Waals surface area contributed by atoms with Gasteiger partial charge in [-0.2, -0.15) is 0 Å². The molecule has 114 valence electrons. The summed E-state index contributed by atoms with van der Waals surface area (Å²) < 4.78 is 11.4. The Hall–Kier alpha value is -2.27. The van der Waals surface area contributed by atoms with Crippen LogP contribution in [0.3, 0.4) is 0 Å². The third-order valence-electron chi connectivity index (χ3n) is 3.34. The molecule has 0 bridgehead atoms. The van der Waals surface area contributed by atoms with Gasteiger partial charge in [-0.1, -0.05) is 17.7 Å². The minimum absolute atomic E-state index is 0.0705. The van der Waals surface area contributed by atoms with E-state index in [1.165, 1.54) is 31.0 Å². The van der Waals surface area contributed by atoms with Crippen molar-refractivity contribution >= 4 is 17.3 Å². The topological polar surface area (TPSA) is 61.6 Å². The van der Waals surface area contributed by atoms with Crippen molar-refractivity contribution < 1.29 is 14.4 Å². The van der Waals surface area contributed by atoms with E-state index in [-0.39, 0.29) is 10.7 Å². The first kappa shape index (κ1) is 14.7. The molecule has 5 nitrogen and oxygen atoms in total. The van der Waals surface area contributed by atoms with Gasteiger partial charge in [-0.15, -0.1) is 0 Å². The highest BCUT2D eigenvalue weighted by Gasteiger charge is 2.21. The highest BCUT2D eigenvalue weighted by atomic mass is 35.5. The van der Waals surface area contributed by atoms with E-state index in [0.717, 1.165) is 12.4 Å². The summed E-state index contributed by atoms with van der Waals surface area (Å²) in [6.07, 6.45) is 2.46. The van der Waals surface area contributed by atoms with Crippen LogP contribution in [0, 0.1) is 16.0 Å². The van der Waals surface area contributed by atoms with Crippen LogP contribution in [0.5, 0.6) is 17.2 Å². The van der Waals surface area contributed by atoms with Crippen LogP contribution in [0.15, 0.2) is 42.5 Å². The van der Waals surface area contributed by atoms with Crippen LogP contribution < -0.4 is 9.47 Å². The van der Waals surface area contributed by atoms with Crippen LogP contribution in [0.4, 0.5) is 5.69 Å². The monoisotopic (exact) mass is 319 g/mol. The maximum Gasteiger partial charge on any atom is 0.271 e. The molecule has 0 aromatic heterocycles. The fourth-order valence-corrected chi connectivity index (χ4v) is 2.15. The third-order valence-corrected chi connectivity index (χ3v) is 3.64. The zero-order chi connectivity index (χ0) is 15.5. The lowest BCUT2D eigenvalue weighted by atomic mass is 10.3. The molecule has 0 radical (unpaired) electrons. The van der Waals surface area contributed by atoms with E-state index in [9.17, 15) is 10.1 Å². The summed E-state index contributed by atoms with van der Waals surface area (Å²) in [7, 11) is 0. The molecule has 0 N–H and O–H groups in total. The van der Waals surface area contributed by atoms with E-state index in [1.807, 2.05) is 12.1 Å². The third kappa shape index (κ3) is 3.68. The molecule has 3 rings (SSSR count). The molecule has 2 aromatic rings. The normalized spacial score (nSPS) is 13.7. The van der Waals surface area contributed by atoms with E-state index in [1.54, 1.807) is 12.1 Å². The first-order valence-electron chi connectivity index (χ1n) is 6.96. The summed E-state index contributed by atoms with van der Waals surface area (Å²) in [6, 6.07) is 11.4. The molecule has 0 heterocycles. The Balaban J connectivity index is 1.71. The summed E-state index contributed by atoms with van der Waals surface area (Å²) in [4.78, 5) is 10.2. The molecule has 0 atom stereocenters. The van der Waals surface area contributed by atoms with Crippen molar-refractivity contribution in [2.75, 3.05) is 6.61 Å². The Morgan fingerprint density at radius 1 is 1.18 bits per heavy atom. The van der Waals surface area contributed by atoms with Crippen LogP contribution in [-0.2, 0) is 0 Å². The van der Waals surface area contributed by atoms with Gasteiger partial charge in [0, 0.05) is 18.2 Å². The van der Waals surface area contributed by atoms with Gasteiger partial charge in [0.25, 0.3) is 5.69 Å². The van der Waals surface area contributed by atoms with Crippen LogP contribution in [0.2, 0.25) is 5.02 Å². The zero-order valence-electron chi connectivity index (χ0n) is 11.7. The molecule has 0 aliphatic heterocycles. The van der Waals surface area contributed by atoms with E-state index in [0.29, 0.717) is 17.4 Å². The molecule has 0 unspecified atom stereocenters. The van der Waals surface area contributed by atoms with Gasteiger partial charge in [-0.05, 0) is 37.0 Å². The Morgan fingerprint density at radius 2 is 1.95 bits per heavy atom. The summed E-state index contributed by atoms with van der Waals surface area (Å²) in [5, 5.41) is 10.9. The van der Waals surface area contributed by atoms with Crippen molar-refractivity contribution in [1.82, 2.24) is 0 Å². The standard InChI is InChI=1S/C16H14ClNO4/c17-15-8-12(18(19)20)6-7-16(15)22-14-3-1-2-13(9-14)21-10-11-4-5-11/h1-3,6-9,11H,4-5,10H2. The molecule has 1 fully saturated rings. The first-order valence-corrected chi connectivity index (χ1v) is 7.34. The second-order valence-electron chi connectivity index (χ2n) is 5.20. The molecule has 1 aliphatic rings. The molecule has 0 spiro atoms. The van der Waals surface area contributed by atoms with Crippen LogP contribution in [0.25, 0.3) is 0 Å². The number of benzene rings is 2. The highest BCUT2D eigenvalue weighted by Crippen LogP contribution is 2.34. The number of nitrogens with zero attached hydrogens (tertiary/aromatic N) is 1. The Bertz CT molecular complexity index is 700. The number of nitro benzene ring substituents is 1. The first-order chi connectivity index (χ1) is 10.6. The van der Waals surface area contributed by atoms with Crippen molar-refractivity contribution in [3.8, 4) is 17.2 Å². The number of hydrogen-bond donors (Lipinski definition) is 0. The molecular formula is C16H14ClNO4. The maximum absolute atomic E-state index is 10.7. The van der Waals surface area contributed by atoms with E-state index >= 15 is 0 Å². The summed E-state index contributed by atoms with van der Waals surface area (Å²) in [5.74, 6) is 2.35. The number of nitro groups is 1. The molecule has 0 amide bonds. The van der Waals surface area contributed by atoms with Gasteiger partial charge in [0.05, 0.1) is 16.6 Å². The Morgan fingerprint density at radius 3 is 2.64 bits per heavy atom. The minimum atomic E-state index is -0.498. The number of rotatable bonds is 6. The molecule has 6 heteroatoms. The lowest BCUT2D eigenvalue weighted by Crippen LogP contribution is -1.98. The molecule has 0 saturated heterocycles. The van der Waals surface area contributed by atoms with Gasteiger partial charge in [-0.25, -0.2) is 0 Å². The van der Waals surface area contributed by atoms with Gasteiger partial charge in [0.2, 0.25) is 0 Å². The van der Waals surface area contributed by atoms with E-state index in [2.05, 4.69) is 0 Å². The summed E-state index contributed by atoms with van der Waals surface area (Å²) in [6.45, 7) is 0.724. The van der Waals surface area contributed by atoms with Crippen molar-refractivity contribution in [3.05, 3.63) is 57.6 Å². The highest BCUT2D eigenvalue weighted by molar-refractivity contribution is 6.32. The van der Waals surface area contributed by atoms with E-state index in [4.69, 9.17) is 21.1 Å². The SMILES string of the molecule is O=[N+]([O-])c1ccc(Oc2cccc(OCC3CC3)c2)c(Cl)c1.